The standard InChI is InChI=1S/C19H15N5O2/c1-26-16-8-6-15(7-9-16)17-10-18(23-22-17)19(25)24-21-12-14-4-2-13(11-20)3-5-14/h2-10,12H,1H3,(H,22,23)(H,24,25). The van der Waals surface area contributed by atoms with Crippen LogP contribution in [-0.2, 0) is 0 Å². The summed E-state index contributed by atoms with van der Waals surface area (Å²) in [6, 6.07) is 17.9. The van der Waals surface area contributed by atoms with Gasteiger partial charge in [0.1, 0.15) is 11.4 Å². The molecule has 0 bridgehead atoms. The summed E-state index contributed by atoms with van der Waals surface area (Å²) < 4.78 is 5.12. The maximum absolute atomic E-state index is 12.1. The first kappa shape index (κ1) is 16.9. The Labute approximate surface area is 149 Å². The lowest BCUT2D eigenvalue weighted by Gasteiger charge is -2.00. The van der Waals surface area contributed by atoms with E-state index in [0.717, 1.165) is 16.9 Å². The van der Waals surface area contributed by atoms with E-state index in [4.69, 9.17) is 10.00 Å². The highest BCUT2D eigenvalue weighted by Gasteiger charge is 2.10. The minimum Gasteiger partial charge on any atom is -0.497 e. The summed E-state index contributed by atoms with van der Waals surface area (Å²) in [6.45, 7) is 0. The largest absolute Gasteiger partial charge is 0.497 e. The minimum atomic E-state index is -0.401. The summed E-state index contributed by atoms with van der Waals surface area (Å²) in [4.78, 5) is 12.1. The molecule has 0 saturated heterocycles. The number of nitriles is 1. The number of aromatic nitrogens is 2. The van der Waals surface area contributed by atoms with Gasteiger partial charge in [-0.05, 0) is 48.0 Å². The second-order valence-electron chi connectivity index (χ2n) is 5.33. The summed E-state index contributed by atoms with van der Waals surface area (Å²) in [5.74, 6) is 0.349. The molecule has 2 N–H and O–H groups in total. The van der Waals surface area contributed by atoms with Gasteiger partial charge in [0.25, 0.3) is 5.91 Å². The maximum Gasteiger partial charge on any atom is 0.289 e. The number of H-pyrrole nitrogens is 1. The van der Waals surface area contributed by atoms with Crippen molar-refractivity contribution in [2.24, 2.45) is 5.10 Å². The van der Waals surface area contributed by atoms with Crippen molar-refractivity contribution in [1.82, 2.24) is 15.6 Å². The lowest BCUT2D eigenvalue weighted by atomic mass is 10.1. The Hall–Kier alpha value is -3.92. The van der Waals surface area contributed by atoms with Gasteiger partial charge in [0.2, 0.25) is 0 Å². The Morgan fingerprint density at radius 1 is 1.23 bits per heavy atom. The summed E-state index contributed by atoms with van der Waals surface area (Å²) >= 11 is 0. The van der Waals surface area contributed by atoms with Crippen LogP contribution < -0.4 is 10.2 Å². The molecule has 0 unspecified atom stereocenters. The number of methoxy groups -OCH3 is 1. The summed E-state index contributed by atoms with van der Waals surface area (Å²) in [5.41, 5.74) is 5.58. The third-order valence-electron chi connectivity index (χ3n) is 3.63. The van der Waals surface area contributed by atoms with Crippen LogP contribution >= 0.6 is 0 Å². The predicted octanol–water partition coefficient (Wildman–Crippen LogP) is 2.72. The quantitative estimate of drug-likeness (QED) is 0.548. The van der Waals surface area contributed by atoms with E-state index in [1.807, 2.05) is 30.3 Å². The highest BCUT2D eigenvalue weighted by molar-refractivity contribution is 5.94. The Kier molecular flexibility index (Phi) is 5.05. The van der Waals surface area contributed by atoms with E-state index in [1.54, 1.807) is 37.4 Å². The second-order valence-corrected chi connectivity index (χ2v) is 5.33. The fraction of sp³-hybridized carbons (Fsp3) is 0.0526. The van der Waals surface area contributed by atoms with E-state index in [0.29, 0.717) is 17.0 Å². The molecule has 3 rings (SSSR count). The molecule has 2 aromatic carbocycles. The van der Waals surface area contributed by atoms with E-state index in [2.05, 4.69) is 20.7 Å². The molecule has 0 saturated carbocycles. The van der Waals surface area contributed by atoms with E-state index in [-0.39, 0.29) is 0 Å². The highest BCUT2D eigenvalue weighted by atomic mass is 16.5. The van der Waals surface area contributed by atoms with E-state index in [9.17, 15) is 4.79 Å². The Morgan fingerprint density at radius 3 is 2.62 bits per heavy atom. The van der Waals surface area contributed by atoms with Gasteiger partial charge in [-0.1, -0.05) is 12.1 Å². The topological polar surface area (TPSA) is 103 Å². The normalized spacial score (nSPS) is 10.5. The molecule has 26 heavy (non-hydrogen) atoms. The summed E-state index contributed by atoms with van der Waals surface area (Å²) in [7, 11) is 1.60. The average molecular weight is 345 g/mol. The van der Waals surface area contributed by atoms with Gasteiger partial charge in [0.05, 0.1) is 30.7 Å². The molecular formula is C19H15N5O2. The van der Waals surface area contributed by atoms with Crippen molar-refractivity contribution in [3.05, 3.63) is 71.4 Å². The zero-order valence-electron chi connectivity index (χ0n) is 13.9. The number of benzene rings is 2. The van der Waals surface area contributed by atoms with Gasteiger partial charge in [-0.25, -0.2) is 5.43 Å². The van der Waals surface area contributed by atoms with E-state index in [1.165, 1.54) is 6.21 Å². The molecule has 1 heterocycles. The number of hydrazone groups is 1. The zero-order chi connectivity index (χ0) is 18.4. The van der Waals surface area contributed by atoms with Crippen molar-refractivity contribution in [3.63, 3.8) is 0 Å². The number of ether oxygens (including phenoxy) is 1. The number of aromatic amines is 1. The highest BCUT2D eigenvalue weighted by Crippen LogP contribution is 2.21. The van der Waals surface area contributed by atoms with Gasteiger partial charge in [-0.15, -0.1) is 0 Å². The van der Waals surface area contributed by atoms with Gasteiger partial charge in [-0.2, -0.15) is 15.5 Å². The molecule has 0 aliphatic rings. The van der Waals surface area contributed by atoms with Crippen LogP contribution in [0, 0.1) is 11.3 Å². The lowest BCUT2D eigenvalue weighted by molar-refractivity contribution is 0.0950. The van der Waals surface area contributed by atoms with Gasteiger partial charge in [0.15, 0.2) is 0 Å². The van der Waals surface area contributed by atoms with Crippen LogP contribution in [0.2, 0.25) is 0 Å². The number of amides is 1. The molecule has 1 aromatic heterocycles. The van der Waals surface area contributed by atoms with Gasteiger partial charge < -0.3 is 4.74 Å². The van der Waals surface area contributed by atoms with Gasteiger partial charge >= 0.3 is 0 Å². The van der Waals surface area contributed by atoms with Crippen molar-refractivity contribution in [2.75, 3.05) is 7.11 Å². The molecule has 7 heteroatoms. The molecule has 0 aliphatic heterocycles. The molecular weight excluding hydrogens is 330 g/mol. The van der Waals surface area contributed by atoms with Gasteiger partial charge in [0, 0.05) is 5.56 Å². The lowest BCUT2D eigenvalue weighted by Crippen LogP contribution is -2.17. The molecule has 0 radical (unpaired) electrons. The van der Waals surface area contributed by atoms with Crippen LogP contribution in [0.4, 0.5) is 0 Å². The maximum atomic E-state index is 12.1. The predicted molar refractivity (Wildman–Crippen MR) is 96.8 cm³/mol. The van der Waals surface area contributed by atoms with Crippen molar-refractivity contribution in [2.45, 2.75) is 0 Å². The molecule has 0 spiro atoms. The zero-order valence-corrected chi connectivity index (χ0v) is 13.9. The molecule has 0 fully saturated rings. The third-order valence-corrected chi connectivity index (χ3v) is 3.63. The number of carbonyl (C=O) groups excluding carboxylic acids is 1. The van der Waals surface area contributed by atoms with Crippen molar-refractivity contribution >= 4 is 12.1 Å². The van der Waals surface area contributed by atoms with Crippen molar-refractivity contribution in [3.8, 4) is 23.1 Å². The molecule has 0 aliphatic carbocycles. The minimum absolute atomic E-state index is 0.299. The fourth-order valence-electron chi connectivity index (χ4n) is 2.22. The first-order chi connectivity index (χ1) is 12.7. The Morgan fingerprint density at radius 2 is 1.96 bits per heavy atom. The number of nitrogens with one attached hydrogen (secondary N) is 2. The van der Waals surface area contributed by atoms with Crippen LogP contribution in [-0.4, -0.2) is 29.4 Å². The average Bonchev–Trinajstić information content (AvgIpc) is 3.19. The number of hydrogen-bond donors (Lipinski definition) is 2. The van der Waals surface area contributed by atoms with Crippen LogP contribution in [0.5, 0.6) is 5.75 Å². The molecule has 7 nitrogen and oxygen atoms in total. The fourth-order valence-corrected chi connectivity index (χ4v) is 2.22. The summed E-state index contributed by atoms with van der Waals surface area (Å²) in [6.07, 6.45) is 1.50. The number of hydrogen-bond acceptors (Lipinski definition) is 5. The molecule has 0 atom stereocenters. The first-order valence-electron chi connectivity index (χ1n) is 7.73. The van der Waals surface area contributed by atoms with Crippen LogP contribution in [0.3, 0.4) is 0 Å². The third kappa shape index (κ3) is 3.94. The number of rotatable bonds is 5. The van der Waals surface area contributed by atoms with Crippen LogP contribution in [0.15, 0.2) is 59.7 Å². The molecule has 3 aromatic rings. The number of carbonyl (C=O) groups is 1. The van der Waals surface area contributed by atoms with E-state index < -0.39 is 5.91 Å². The van der Waals surface area contributed by atoms with E-state index >= 15 is 0 Å². The first-order valence-corrected chi connectivity index (χ1v) is 7.73. The second kappa shape index (κ2) is 7.77. The molecule has 128 valence electrons. The Balaban J connectivity index is 1.63. The van der Waals surface area contributed by atoms with Gasteiger partial charge in [-0.3, -0.25) is 9.89 Å². The number of nitrogens with zero attached hydrogens (tertiary/aromatic N) is 3. The Bertz CT molecular complexity index is 966. The summed E-state index contributed by atoms with van der Waals surface area (Å²) in [5, 5.41) is 19.5. The smallest absolute Gasteiger partial charge is 0.289 e. The van der Waals surface area contributed by atoms with Crippen molar-refractivity contribution < 1.29 is 9.53 Å². The van der Waals surface area contributed by atoms with Crippen LogP contribution in [0.1, 0.15) is 21.6 Å². The monoisotopic (exact) mass is 345 g/mol. The van der Waals surface area contributed by atoms with Crippen molar-refractivity contribution in [1.29, 1.82) is 5.26 Å². The SMILES string of the molecule is COc1ccc(-c2cc(C(=O)NN=Cc3ccc(C#N)cc3)[nH]n2)cc1. The molecule has 1 amide bonds. The van der Waals surface area contributed by atoms with Crippen LogP contribution in [0.25, 0.3) is 11.3 Å².